The van der Waals surface area contributed by atoms with Crippen molar-refractivity contribution < 1.29 is 9.32 Å². The van der Waals surface area contributed by atoms with E-state index in [0.29, 0.717) is 11.5 Å². The molecule has 0 bridgehead atoms. The first kappa shape index (κ1) is 17.6. The molecule has 0 radical (unpaired) electrons. The number of rotatable bonds is 6. The van der Waals surface area contributed by atoms with Crippen LogP contribution in [0.2, 0.25) is 0 Å². The summed E-state index contributed by atoms with van der Waals surface area (Å²) in [4.78, 5) is 28.8. The van der Waals surface area contributed by atoms with Crippen molar-refractivity contribution in [2.75, 3.05) is 0 Å². The molecule has 26 heavy (non-hydrogen) atoms. The minimum Gasteiger partial charge on any atom is -0.352 e. The van der Waals surface area contributed by atoms with E-state index in [9.17, 15) is 9.59 Å². The molecule has 3 aromatic rings. The molecule has 1 atom stereocenters. The van der Waals surface area contributed by atoms with Crippen LogP contribution in [0.3, 0.4) is 0 Å². The molecule has 1 unspecified atom stereocenters. The number of nitrogens with one attached hydrogen (secondary N) is 1. The first-order valence-corrected chi connectivity index (χ1v) is 8.47. The second kappa shape index (κ2) is 7.77. The molecule has 0 spiro atoms. The summed E-state index contributed by atoms with van der Waals surface area (Å²) >= 11 is 0. The van der Waals surface area contributed by atoms with Crippen molar-refractivity contribution in [1.82, 2.24) is 20.0 Å². The summed E-state index contributed by atoms with van der Waals surface area (Å²) in [5, 5.41) is 6.82. The van der Waals surface area contributed by atoms with Crippen LogP contribution in [0, 0.1) is 0 Å². The minimum atomic E-state index is -0.304. The number of pyridine rings is 1. The summed E-state index contributed by atoms with van der Waals surface area (Å²) in [5.41, 5.74) is 0.912. The molecule has 1 N–H and O–H groups in total. The van der Waals surface area contributed by atoms with Crippen LogP contribution in [0.25, 0.3) is 23.0 Å². The van der Waals surface area contributed by atoms with E-state index in [-0.39, 0.29) is 29.9 Å². The van der Waals surface area contributed by atoms with Gasteiger partial charge in [0.15, 0.2) is 0 Å². The Bertz CT molecular complexity index is 947. The number of benzene rings is 1. The smallest absolute Gasteiger partial charge is 0.274 e. The highest BCUT2D eigenvalue weighted by Gasteiger charge is 2.17. The van der Waals surface area contributed by atoms with Crippen molar-refractivity contribution >= 4 is 5.91 Å². The zero-order chi connectivity index (χ0) is 18.5. The fraction of sp³-hybridized carbons (Fsp3) is 0.263. The molecular weight excluding hydrogens is 332 g/mol. The zero-order valence-electron chi connectivity index (χ0n) is 14.7. The van der Waals surface area contributed by atoms with Gasteiger partial charge in [-0.1, -0.05) is 48.5 Å². The Hall–Kier alpha value is -3.22. The van der Waals surface area contributed by atoms with Crippen LogP contribution in [0.4, 0.5) is 0 Å². The summed E-state index contributed by atoms with van der Waals surface area (Å²) < 4.78 is 6.67. The minimum absolute atomic E-state index is 0.0402. The van der Waals surface area contributed by atoms with E-state index in [2.05, 4.69) is 15.5 Å². The molecule has 0 aliphatic heterocycles. The third-order valence-electron chi connectivity index (χ3n) is 4.05. The Labute approximate surface area is 150 Å². The van der Waals surface area contributed by atoms with Gasteiger partial charge in [0.25, 0.3) is 11.4 Å². The molecule has 1 amide bonds. The Morgan fingerprint density at radius 1 is 1.19 bits per heavy atom. The normalized spacial score (nSPS) is 11.9. The molecule has 134 valence electrons. The molecule has 0 saturated carbocycles. The van der Waals surface area contributed by atoms with Crippen molar-refractivity contribution in [3.05, 3.63) is 58.9 Å². The highest BCUT2D eigenvalue weighted by molar-refractivity contribution is 5.76. The van der Waals surface area contributed by atoms with Gasteiger partial charge < -0.3 is 9.84 Å². The van der Waals surface area contributed by atoms with E-state index in [1.54, 1.807) is 12.1 Å². The van der Waals surface area contributed by atoms with Gasteiger partial charge in [-0.05, 0) is 19.4 Å². The molecular formula is C19H20N4O3. The molecule has 0 aliphatic carbocycles. The molecule has 0 saturated heterocycles. The van der Waals surface area contributed by atoms with Gasteiger partial charge in [-0.25, -0.2) is 0 Å². The standard InChI is InChI=1S/C19H20N4O3/c1-3-13(2)20-16(24)12-23-15(10-7-11-17(23)25)19-21-18(22-26-19)14-8-5-4-6-9-14/h4-11,13H,3,12H2,1-2H3,(H,20,24). The van der Waals surface area contributed by atoms with Crippen LogP contribution >= 0.6 is 0 Å². The fourth-order valence-electron chi connectivity index (χ4n) is 2.47. The summed E-state index contributed by atoms with van der Waals surface area (Å²) in [6, 6.07) is 14.1. The topological polar surface area (TPSA) is 90.0 Å². The number of hydrogen-bond acceptors (Lipinski definition) is 5. The number of carbonyl (C=O) groups excluding carboxylic acids is 1. The first-order valence-electron chi connectivity index (χ1n) is 8.47. The van der Waals surface area contributed by atoms with Crippen molar-refractivity contribution in [3.63, 3.8) is 0 Å². The predicted octanol–water partition coefficient (Wildman–Crippen LogP) is 2.48. The Kier molecular flexibility index (Phi) is 5.26. The van der Waals surface area contributed by atoms with Crippen molar-refractivity contribution in [2.24, 2.45) is 0 Å². The molecule has 0 fully saturated rings. The Morgan fingerprint density at radius 3 is 2.69 bits per heavy atom. The van der Waals surface area contributed by atoms with Gasteiger partial charge >= 0.3 is 0 Å². The SMILES string of the molecule is CCC(C)NC(=O)Cn1c(-c2nc(-c3ccccc3)no2)cccc1=O. The van der Waals surface area contributed by atoms with Crippen LogP contribution in [-0.2, 0) is 11.3 Å². The second-order valence-corrected chi connectivity index (χ2v) is 6.00. The maximum Gasteiger partial charge on any atom is 0.274 e. The quantitative estimate of drug-likeness (QED) is 0.736. The molecule has 7 heteroatoms. The van der Waals surface area contributed by atoms with Crippen LogP contribution in [0.1, 0.15) is 20.3 Å². The number of nitrogens with zero attached hydrogens (tertiary/aromatic N) is 3. The van der Waals surface area contributed by atoms with E-state index in [4.69, 9.17) is 4.52 Å². The van der Waals surface area contributed by atoms with Gasteiger partial charge in [-0.2, -0.15) is 4.98 Å². The number of amides is 1. The largest absolute Gasteiger partial charge is 0.352 e. The maximum atomic E-state index is 12.3. The zero-order valence-corrected chi connectivity index (χ0v) is 14.7. The third-order valence-corrected chi connectivity index (χ3v) is 4.05. The molecule has 3 rings (SSSR count). The lowest BCUT2D eigenvalue weighted by Crippen LogP contribution is -2.37. The van der Waals surface area contributed by atoms with Crippen LogP contribution < -0.4 is 10.9 Å². The number of hydrogen-bond donors (Lipinski definition) is 1. The average Bonchev–Trinajstić information content (AvgIpc) is 3.14. The Morgan fingerprint density at radius 2 is 1.96 bits per heavy atom. The lowest BCUT2D eigenvalue weighted by atomic mass is 10.2. The summed E-state index contributed by atoms with van der Waals surface area (Å²) in [6.07, 6.45) is 0.812. The lowest BCUT2D eigenvalue weighted by Gasteiger charge is -2.13. The van der Waals surface area contributed by atoms with Gasteiger partial charge in [0, 0.05) is 17.7 Å². The van der Waals surface area contributed by atoms with E-state index in [0.717, 1.165) is 12.0 Å². The second-order valence-electron chi connectivity index (χ2n) is 6.00. The highest BCUT2D eigenvalue weighted by atomic mass is 16.5. The van der Waals surface area contributed by atoms with Crippen molar-refractivity contribution in [1.29, 1.82) is 0 Å². The summed E-state index contributed by atoms with van der Waals surface area (Å²) in [5.74, 6) is 0.377. The number of carbonyl (C=O) groups is 1. The van der Waals surface area contributed by atoms with Crippen LogP contribution in [0.15, 0.2) is 57.8 Å². The average molecular weight is 352 g/mol. The maximum absolute atomic E-state index is 12.3. The monoisotopic (exact) mass is 352 g/mol. The van der Waals surface area contributed by atoms with Gasteiger partial charge in [0.2, 0.25) is 11.7 Å². The van der Waals surface area contributed by atoms with Gasteiger partial charge in [-0.3, -0.25) is 14.2 Å². The van der Waals surface area contributed by atoms with Gasteiger partial charge in [0.05, 0.1) is 0 Å². The molecule has 7 nitrogen and oxygen atoms in total. The summed E-state index contributed by atoms with van der Waals surface area (Å²) in [6.45, 7) is 3.79. The van der Waals surface area contributed by atoms with E-state index < -0.39 is 0 Å². The van der Waals surface area contributed by atoms with E-state index in [1.807, 2.05) is 44.2 Å². The first-order chi connectivity index (χ1) is 12.6. The van der Waals surface area contributed by atoms with Crippen LogP contribution in [0.5, 0.6) is 0 Å². The van der Waals surface area contributed by atoms with Gasteiger partial charge in [0.1, 0.15) is 12.2 Å². The van der Waals surface area contributed by atoms with Crippen molar-refractivity contribution in [3.8, 4) is 23.0 Å². The molecule has 2 aromatic heterocycles. The molecule has 2 heterocycles. The van der Waals surface area contributed by atoms with E-state index >= 15 is 0 Å². The lowest BCUT2D eigenvalue weighted by molar-refractivity contribution is -0.122. The summed E-state index contributed by atoms with van der Waals surface area (Å²) in [7, 11) is 0. The molecule has 0 aliphatic rings. The molecule has 1 aromatic carbocycles. The van der Waals surface area contributed by atoms with Crippen molar-refractivity contribution in [2.45, 2.75) is 32.9 Å². The fourth-order valence-corrected chi connectivity index (χ4v) is 2.47. The van der Waals surface area contributed by atoms with E-state index in [1.165, 1.54) is 10.6 Å². The Balaban J connectivity index is 1.92. The predicted molar refractivity (Wildman–Crippen MR) is 97.3 cm³/mol. The van der Waals surface area contributed by atoms with Crippen LogP contribution in [-0.4, -0.2) is 26.7 Å². The number of aromatic nitrogens is 3. The highest BCUT2D eigenvalue weighted by Crippen LogP contribution is 2.21. The third kappa shape index (κ3) is 3.88. The van der Waals surface area contributed by atoms with Gasteiger partial charge in [-0.15, -0.1) is 0 Å².